The van der Waals surface area contributed by atoms with E-state index in [1.165, 1.54) is 19.0 Å². The summed E-state index contributed by atoms with van der Waals surface area (Å²) in [5.74, 6) is 1.52. The first-order valence-electron chi connectivity index (χ1n) is 6.44. The van der Waals surface area contributed by atoms with Crippen molar-refractivity contribution in [3.63, 3.8) is 0 Å². The minimum atomic E-state index is -0.410. The van der Waals surface area contributed by atoms with Crippen molar-refractivity contribution in [2.45, 2.75) is 45.6 Å². The maximum absolute atomic E-state index is 10.6. The molecule has 5 nitrogen and oxygen atoms in total. The second-order valence-corrected chi connectivity index (χ2v) is 5.23. The van der Waals surface area contributed by atoms with Crippen LogP contribution in [0.5, 0.6) is 0 Å². The third kappa shape index (κ3) is 2.97. The molecule has 98 valence electrons. The Kier molecular flexibility index (Phi) is 3.79. The Morgan fingerprint density at radius 1 is 1.50 bits per heavy atom. The monoisotopic (exact) mass is 249 g/mol. The third-order valence-electron chi connectivity index (χ3n) is 3.55. The van der Waals surface area contributed by atoms with E-state index in [2.05, 4.69) is 17.2 Å². The fraction of sp³-hybridized carbons (Fsp3) is 0.615. The second kappa shape index (κ2) is 5.33. The molecule has 1 aliphatic rings. The second-order valence-electron chi connectivity index (χ2n) is 5.23. The zero-order valence-electron chi connectivity index (χ0n) is 10.8. The van der Waals surface area contributed by atoms with E-state index in [-0.39, 0.29) is 5.69 Å². The smallest absolute Gasteiger partial charge is 0.287 e. The van der Waals surface area contributed by atoms with Gasteiger partial charge < -0.3 is 5.32 Å². The number of anilines is 1. The molecular formula is C13H19N3O2. The molecule has 0 spiro atoms. The molecule has 1 aliphatic carbocycles. The fourth-order valence-electron chi connectivity index (χ4n) is 2.57. The summed E-state index contributed by atoms with van der Waals surface area (Å²) >= 11 is 0. The van der Waals surface area contributed by atoms with E-state index in [1.807, 2.05) is 6.92 Å². The molecule has 1 aromatic heterocycles. The molecule has 1 N–H and O–H groups in total. The van der Waals surface area contributed by atoms with Gasteiger partial charge in [-0.25, -0.2) is 4.98 Å². The first-order chi connectivity index (χ1) is 8.56. The van der Waals surface area contributed by atoms with Crippen LogP contribution in [0.3, 0.4) is 0 Å². The van der Waals surface area contributed by atoms with Gasteiger partial charge in [0.1, 0.15) is 12.0 Å². The van der Waals surface area contributed by atoms with Crippen LogP contribution >= 0.6 is 0 Å². The van der Waals surface area contributed by atoms with E-state index in [4.69, 9.17) is 0 Å². The summed E-state index contributed by atoms with van der Waals surface area (Å²) in [4.78, 5) is 14.4. The van der Waals surface area contributed by atoms with Gasteiger partial charge in [-0.2, -0.15) is 0 Å². The summed E-state index contributed by atoms with van der Waals surface area (Å²) in [6.07, 6.45) is 6.16. The van der Waals surface area contributed by atoms with Crippen molar-refractivity contribution in [1.82, 2.24) is 4.98 Å². The minimum absolute atomic E-state index is 0.0510. The number of pyridine rings is 1. The van der Waals surface area contributed by atoms with Crippen LogP contribution in [-0.2, 0) is 0 Å². The van der Waals surface area contributed by atoms with Gasteiger partial charge in [0.05, 0.1) is 4.92 Å². The number of rotatable bonds is 3. The van der Waals surface area contributed by atoms with Crippen LogP contribution in [-0.4, -0.2) is 15.9 Å². The number of aromatic nitrogens is 1. The molecule has 18 heavy (non-hydrogen) atoms. The molecule has 0 bridgehead atoms. The van der Waals surface area contributed by atoms with Crippen molar-refractivity contribution >= 4 is 11.5 Å². The largest absolute Gasteiger partial charge is 0.367 e. The van der Waals surface area contributed by atoms with Crippen molar-refractivity contribution in [1.29, 1.82) is 0 Å². The van der Waals surface area contributed by atoms with Crippen molar-refractivity contribution < 1.29 is 4.92 Å². The molecule has 0 aliphatic heterocycles. The number of hydrogen-bond acceptors (Lipinski definition) is 4. The van der Waals surface area contributed by atoms with Gasteiger partial charge in [-0.1, -0.05) is 19.8 Å². The van der Waals surface area contributed by atoms with Crippen molar-refractivity contribution in [2.24, 2.45) is 5.92 Å². The van der Waals surface area contributed by atoms with Crippen LogP contribution in [0, 0.1) is 23.0 Å². The first-order valence-corrected chi connectivity index (χ1v) is 6.44. The number of nitrogens with zero attached hydrogens (tertiary/aromatic N) is 2. The Balaban J connectivity index is 2.07. The Morgan fingerprint density at radius 2 is 2.28 bits per heavy atom. The summed E-state index contributed by atoms with van der Waals surface area (Å²) < 4.78 is 0. The van der Waals surface area contributed by atoms with Crippen LogP contribution in [0.25, 0.3) is 0 Å². The van der Waals surface area contributed by atoms with E-state index in [9.17, 15) is 10.1 Å². The van der Waals surface area contributed by atoms with Gasteiger partial charge >= 0.3 is 0 Å². The van der Waals surface area contributed by atoms with Gasteiger partial charge in [0.15, 0.2) is 0 Å². The van der Waals surface area contributed by atoms with E-state index in [1.54, 1.807) is 6.07 Å². The van der Waals surface area contributed by atoms with Crippen molar-refractivity contribution in [3.8, 4) is 0 Å². The topological polar surface area (TPSA) is 68.1 Å². The van der Waals surface area contributed by atoms with E-state index >= 15 is 0 Å². The van der Waals surface area contributed by atoms with Gasteiger partial charge in [-0.05, 0) is 31.2 Å². The highest BCUT2D eigenvalue weighted by Crippen LogP contribution is 2.27. The zero-order chi connectivity index (χ0) is 13.1. The lowest BCUT2D eigenvalue weighted by atomic mass is 9.87. The Hall–Kier alpha value is -1.65. The highest BCUT2D eigenvalue weighted by atomic mass is 16.6. The van der Waals surface area contributed by atoms with E-state index < -0.39 is 4.92 Å². The molecule has 2 rings (SSSR count). The lowest BCUT2D eigenvalue weighted by Gasteiger charge is -2.28. The van der Waals surface area contributed by atoms with Crippen LogP contribution in [0.15, 0.2) is 12.3 Å². The molecule has 2 atom stereocenters. The van der Waals surface area contributed by atoms with Gasteiger partial charge in [0.2, 0.25) is 0 Å². The summed E-state index contributed by atoms with van der Waals surface area (Å²) in [6, 6.07) is 2.02. The van der Waals surface area contributed by atoms with Gasteiger partial charge in [0.25, 0.3) is 5.69 Å². The summed E-state index contributed by atoms with van der Waals surface area (Å²) in [6.45, 7) is 4.12. The van der Waals surface area contributed by atoms with Gasteiger partial charge in [-0.3, -0.25) is 10.1 Å². The predicted molar refractivity (Wildman–Crippen MR) is 70.7 cm³/mol. The summed E-state index contributed by atoms with van der Waals surface area (Å²) in [5, 5.41) is 14.1. The van der Waals surface area contributed by atoms with E-state index in [0.29, 0.717) is 6.04 Å². The molecule has 0 aromatic carbocycles. The zero-order valence-corrected chi connectivity index (χ0v) is 10.8. The van der Waals surface area contributed by atoms with Crippen LogP contribution in [0.2, 0.25) is 0 Å². The Bertz CT molecular complexity index is 448. The fourth-order valence-corrected chi connectivity index (χ4v) is 2.57. The molecule has 2 unspecified atom stereocenters. The normalized spacial score (nSPS) is 23.7. The molecular weight excluding hydrogens is 230 g/mol. The Morgan fingerprint density at radius 3 is 2.89 bits per heavy atom. The number of nitro groups is 1. The molecule has 0 radical (unpaired) electrons. The lowest BCUT2D eigenvalue weighted by Crippen LogP contribution is -2.27. The maximum atomic E-state index is 10.6. The number of hydrogen-bond donors (Lipinski definition) is 1. The van der Waals surface area contributed by atoms with Gasteiger partial charge in [0, 0.05) is 12.1 Å². The highest BCUT2D eigenvalue weighted by molar-refractivity contribution is 5.48. The van der Waals surface area contributed by atoms with Gasteiger partial charge in [-0.15, -0.1) is 0 Å². The molecule has 1 saturated carbocycles. The molecule has 1 heterocycles. The quantitative estimate of drug-likeness (QED) is 0.659. The molecule has 0 saturated heterocycles. The third-order valence-corrected chi connectivity index (χ3v) is 3.55. The maximum Gasteiger partial charge on any atom is 0.287 e. The summed E-state index contributed by atoms with van der Waals surface area (Å²) in [7, 11) is 0. The highest BCUT2D eigenvalue weighted by Gasteiger charge is 2.20. The molecule has 0 amide bonds. The Labute approximate surface area is 107 Å². The lowest BCUT2D eigenvalue weighted by molar-refractivity contribution is -0.385. The molecule has 5 heteroatoms. The number of nitrogens with one attached hydrogen (secondary N) is 1. The van der Waals surface area contributed by atoms with Crippen LogP contribution in [0.1, 0.15) is 38.2 Å². The average molecular weight is 249 g/mol. The molecule has 1 aromatic rings. The summed E-state index contributed by atoms with van der Waals surface area (Å²) in [5.41, 5.74) is 0.887. The van der Waals surface area contributed by atoms with E-state index in [0.717, 1.165) is 30.1 Å². The average Bonchev–Trinajstić information content (AvgIpc) is 2.31. The van der Waals surface area contributed by atoms with Crippen LogP contribution < -0.4 is 5.32 Å². The van der Waals surface area contributed by atoms with Crippen LogP contribution in [0.4, 0.5) is 11.5 Å². The minimum Gasteiger partial charge on any atom is -0.367 e. The van der Waals surface area contributed by atoms with Crippen molar-refractivity contribution in [3.05, 3.63) is 27.9 Å². The SMILES string of the molecule is Cc1cc([N+](=O)[O-])cnc1NC1CCCC(C)C1. The standard InChI is InChI=1S/C13H19N3O2/c1-9-4-3-5-11(6-9)15-13-10(2)7-12(8-14-13)16(17)18/h7-9,11H,3-6H2,1-2H3,(H,14,15). The first kappa shape index (κ1) is 12.8. The predicted octanol–water partition coefficient (Wildman–Crippen LogP) is 3.29. The number of aryl methyl sites for hydroxylation is 1. The van der Waals surface area contributed by atoms with Crippen molar-refractivity contribution in [2.75, 3.05) is 5.32 Å². The molecule has 1 fully saturated rings.